The maximum atomic E-state index is 12.9. The summed E-state index contributed by atoms with van der Waals surface area (Å²) in [6.07, 6.45) is 1.27. The second-order valence-corrected chi connectivity index (χ2v) is 10.4. The van der Waals surface area contributed by atoms with Crippen molar-refractivity contribution in [3.63, 3.8) is 0 Å². The molecular weight excluding hydrogens is 620 g/mol. The highest BCUT2D eigenvalue weighted by molar-refractivity contribution is 5.99. The molecule has 2 amide bonds. The van der Waals surface area contributed by atoms with Crippen LogP contribution in [0.3, 0.4) is 0 Å². The summed E-state index contributed by atoms with van der Waals surface area (Å²) < 4.78 is 24.7. The number of urea groups is 1. The van der Waals surface area contributed by atoms with Gasteiger partial charge in [-0.05, 0) is 62.7 Å². The lowest BCUT2D eigenvalue weighted by atomic mass is 10.00. The number of aldehydes is 1. The highest BCUT2D eigenvalue weighted by Gasteiger charge is 2.12. The molecule has 48 heavy (non-hydrogen) atoms. The fourth-order valence-corrected chi connectivity index (χ4v) is 3.33. The number of pyridine rings is 1. The molecule has 4 N–H and O–H groups in total. The molecule has 258 valence electrons. The minimum Gasteiger partial charge on any atom is -0.481 e. The number of nitrogens with zero attached hydrogens (tertiary/aromatic N) is 1. The van der Waals surface area contributed by atoms with Crippen LogP contribution in [0.1, 0.15) is 63.0 Å². The van der Waals surface area contributed by atoms with E-state index in [0.29, 0.717) is 22.8 Å². The van der Waals surface area contributed by atoms with E-state index in [1.165, 1.54) is 44.5 Å². The molecule has 0 aliphatic rings. The van der Waals surface area contributed by atoms with E-state index in [1.54, 1.807) is 43.3 Å². The van der Waals surface area contributed by atoms with Gasteiger partial charge in [0.1, 0.15) is 11.6 Å². The highest BCUT2D eigenvalue weighted by atomic mass is 19.1. The van der Waals surface area contributed by atoms with Crippen LogP contribution >= 0.6 is 0 Å². The number of rotatable bonds is 8. The van der Waals surface area contributed by atoms with Crippen molar-refractivity contribution in [1.82, 2.24) is 4.98 Å². The Morgan fingerprint density at radius 1 is 0.812 bits per heavy atom. The molecule has 0 radical (unpaired) electrons. The number of aromatic nitrogens is 1. The summed E-state index contributed by atoms with van der Waals surface area (Å²) in [6.45, 7) is 8.46. The Kier molecular flexibility index (Phi) is 21.3. The van der Waals surface area contributed by atoms with Gasteiger partial charge in [-0.1, -0.05) is 80.9 Å². The number of carboxylic acid groups (broad SMARTS) is 1. The van der Waals surface area contributed by atoms with Gasteiger partial charge in [0.05, 0.1) is 6.42 Å². The second kappa shape index (κ2) is 24.0. The molecule has 0 atom stereocenters. The van der Waals surface area contributed by atoms with E-state index >= 15 is 0 Å². The molecule has 0 bridgehead atoms. The van der Waals surface area contributed by atoms with Crippen molar-refractivity contribution in [3.8, 4) is 11.1 Å². The summed E-state index contributed by atoms with van der Waals surface area (Å²) in [5, 5.41) is 20.9. The van der Waals surface area contributed by atoms with Crippen LogP contribution < -0.4 is 10.6 Å². The van der Waals surface area contributed by atoms with Crippen LogP contribution in [0.4, 0.5) is 25.1 Å². The Balaban J connectivity index is 0.00000107. The second-order valence-electron chi connectivity index (χ2n) is 10.4. The lowest BCUT2D eigenvalue weighted by Crippen LogP contribution is -2.20. The lowest BCUT2D eigenvalue weighted by Gasteiger charge is -2.11. The van der Waals surface area contributed by atoms with Gasteiger partial charge >= 0.3 is 12.0 Å². The molecule has 11 heteroatoms. The van der Waals surface area contributed by atoms with Crippen molar-refractivity contribution in [1.29, 1.82) is 0 Å². The molecule has 4 rings (SSSR count). The molecule has 0 saturated heterocycles. The Morgan fingerprint density at radius 3 is 1.71 bits per heavy atom. The van der Waals surface area contributed by atoms with E-state index in [9.17, 15) is 28.0 Å². The van der Waals surface area contributed by atoms with E-state index in [4.69, 9.17) is 10.2 Å². The Hall–Kier alpha value is -5.29. The molecule has 1 heterocycles. The van der Waals surface area contributed by atoms with Gasteiger partial charge < -0.3 is 15.5 Å². The van der Waals surface area contributed by atoms with Crippen molar-refractivity contribution >= 4 is 35.6 Å². The number of carbonyl (C=O) groups is 4. The number of aliphatic hydroxyl groups excluding tert-OH is 1. The van der Waals surface area contributed by atoms with Gasteiger partial charge in [-0.25, -0.2) is 18.6 Å². The average Bonchev–Trinajstić information content (AvgIpc) is 3.07. The van der Waals surface area contributed by atoms with Gasteiger partial charge in [0.2, 0.25) is 0 Å². The number of nitrogens with one attached hydrogen (secondary N) is 2. The van der Waals surface area contributed by atoms with Crippen molar-refractivity contribution in [2.24, 2.45) is 0 Å². The molecular formula is C37H45F2N3O6. The molecule has 9 nitrogen and oxygen atoms in total. The summed E-state index contributed by atoms with van der Waals surface area (Å²) in [5.41, 5.74) is 1.59. The minimum atomic E-state index is -1.64. The van der Waals surface area contributed by atoms with Crippen LogP contribution in [-0.2, 0) is 9.59 Å². The van der Waals surface area contributed by atoms with E-state index in [1.807, 2.05) is 36.4 Å². The van der Waals surface area contributed by atoms with E-state index in [-0.39, 0.29) is 24.9 Å². The van der Waals surface area contributed by atoms with Crippen LogP contribution in [0.15, 0.2) is 97.1 Å². The fourth-order valence-electron chi connectivity index (χ4n) is 3.33. The first-order valence-corrected chi connectivity index (χ1v) is 15.1. The molecule has 0 aliphatic carbocycles. The van der Waals surface area contributed by atoms with Gasteiger partial charge in [-0.3, -0.25) is 19.7 Å². The van der Waals surface area contributed by atoms with Gasteiger partial charge in [0.15, 0.2) is 17.7 Å². The number of hydrogen-bond donors (Lipinski definition) is 4. The van der Waals surface area contributed by atoms with Crippen LogP contribution in [0.2, 0.25) is 0 Å². The number of benzene rings is 3. The van der Waals surface area contributed by atoms with Crippen molar-refractivity contribution in [2.75, 3.05) is 17.7 Å². The Morgan fingerprint density at radius 2 is 1.29 bits per heavy atom. The molecule has 0 unspecified atom stereocenters. The standard InChI is InChI=1S/C23H20FN3O4.C6H6.C4H7FO.C3H8.CH4O/c1-14-19(15-2-4-16(5-3-15)20(28)11-13-22(29)30)10-12-21(25-14)27-23(31)26-18-8-6-17(24)7-9-18;1-2-4-6-5-3-1;1-4(2,5)3-6;1-3-2;1-2/h2-10,12H,11,13H2,1H3,(H,29,30)(H2,25,26,27,31);1-6H;3H,1-2H3;3H2,1-2H3;2H,1H3. The number of carboxylic acids is 1. The number of hydrogen-bond acceptors (Lipinski definition) is 6. The summed E-state index contributed by atoms with van der Waals surface area (Å²) in [4.78, 5) is 48.6. The SMILES string of the molecule is CC(C)(F)C=O.CCC.CO.Cc1nc(NC(=O)Nc2ccc(F)cc2)ccc1-c1ccc(C(=O)CCC(=O)O)cc1.c1ccccc1. The summed E-state index contributed by atoms with van der Waals surface area (Å²) in [5.74, 6) is -1.28. The summed E-state index contributed by atoms with van der Waals surface area (Å²) in [7, 11) is 1.00. The number of halogens is 2. The lowest BCUT2D eigenvalue weighted by molar-refractivity contribution is -0.137. The number of anilines is 2. The molecule has 1 aromatic heterocycles. The first kappa shape index (κ1) is 42.7. The van der Waals surface area contributed by atoms with E-state index < -0.39 is 23.5 Å². The van der Waals surface area contributed by atoms with Gasteiger partial charge in [-0.2, -0.15) is 0 Å². The van der Waals surface area contributed by atoms with Crippen molar-refractivity contribution < 1.29 is 38.2 Å². The fraction of sp³-hybridized carbons (Fsp3) is 0.270. The zero-order chi connectivity index (χ0) is 36.5. The Labute approximate surface area is 281 Å². The molecule has 0 spiro atoms. The van der Waals surface area contributed by atoms with Crippen molar-refractivity contribution in [2.45, 2.75) is 59.5 Å². The molecule has 3 aromatic carbocycles. The molecule has 0 aliphatic heterocycles. The van der Waals surface area contributed by atoms with Crippen LogP contribution in [0, 0.1) is 12.7 Å². The van der Waals surface area contributed by atoms with Crippen LogP contribution in [0.5, 0.6) is 0 Å². The zero-order valence-corrected chi connectivity index (χ0v) is 28.2. The van der Waals surface area contributed by atoms with Gasteiger partial charge in [0, 0.05) is 36.0 Å². The van der Waals surface area contributed by atoms with Crippen LogP contribution in [-0.4, -0.2) is 52.0 Å². The number of alkyl halides is 1. The zero-order valence-electron chi connectivity index (χ0n) is 28.2. The smallest absolute Gasteiger partial charge is 0.324 e. The number of aryl methyl sites for hydroxylation is 1. The van der Waals surface area contributed by atoms with Gasteiger partial charge in [-0.15, -0.1) is 0 Å². The molecule has 0 saturated carbocycles. The number of Topliss-reactive ketones (excluding diaryl/α,β-unsaturated/α-hetero) is 1. The Bertz CT molecular complexity index is 1480. The number of carbonyl (C=O) groups excluding carboxylic acids is 3. The third-order valence-corrected chi connectivity index (χ3v) is 5.46. The maximum Gasteiger partial charge on any atom is 0.324 e. The number of ketones is 1. The normalized spacial score (nSPS) is 9.60. The first-order valence-electron chi connectivity index (χ1n) is 15.1. The quantitative estimate of drug-likeness (QED) is 0.109. The third kappa shape index (κ3) is 19.3. The van der Waals surface area contributed by atoms with E-state index in [2.05, 4.69) is 29.5 Å². The monoisotopic (exact) mass is 665 g/mol. The third-order valence-electron chi connectivity index (χ3n) is 5.46. The van der Waals surface area contributed by atoms with E-state index in [0.717, 1.165) is 18.2 Å². The highest BCUT2D eigenvalue weighted by Crippen LogP contribution is 2.24. The van der Waals surface area contributed by atoms with Crippen molar-refractivity contribution in [3.05, 3.63) is 114 Å². The maximum absolute atomic E-state index is 12.9. The summed E-state index contributed by atoms with van der Waals surface area (Å²) >= 11 is 0. The average molecular weight is 666 g/mol. The summed E-state index contributed by atoms with van der Waals surface area (Å²) in [6, 6.07) is 27.2. The molecule has 4 aromatic rings. The number of amides is 2. The predicted octanol–water partition coefficient (Wildman–Crippen LogP) is 8.53. The predicted molar refractivity (Wildman–Crippen MR) is 186 cm³/mol. The minimum absolute atomic E-state index is 0.0460. The number of aliphatic carboxylic acids is 1. The molecule has 0 fully saturated rings. The largest absolute Gasteiger partial charge is 0.481 e. The van der Waals surface area contributed by atoms with Crippen LogP contribution in [0.25, 0.3) is 11.1 Å². The van der Waals surface area contributed by atoms with Gasteiger partial charge in [0.25, 0.3) is 0 Å². The topological polar surface area (TPSA) is 146 Å². The number of aliphatic hydroxyl groups is 1. The first-order chi connectivity index (χ1) is 22.8.